The van der Waals surface area contributed by atoms with Crippen LogP contribution in [0.4, 0.5) is 9.18 Å². The predicted octanol–water partition coefficient (Wildman–Crippen LogP) is 3.17. The lowest BCUT2D eigenvalue weighted by Crippen LogP contribution is -2.46. The minimum Gasteiger partial charge on any atom is -0.444 e. The molecule has 26 heavy (non-hydrogen) atoms. The molecule has 0 aliphatic carbocycles. The van der Waals surface area contributed by atoms with E-state index in [0.717, 1.165) is 0 Å². The average molecular weight is 383 g/mol. The summed E-state index contributed by atoms with van der Waals surface area (Å²) in [6.07, 6.45) is 0.900. The maximum Gasteiger partial charge on any atom is 0.410 e. The van der Waals surface area contributed by atoms with Crippen LogP contribution < -0.4 is 5.56 Å². The molecule has 1 amide bonds. The van der Waals surface area contributed by atoms with Gasteiger partial charge in [-0.25, -0.2) is 19.2 Å². The molecule has 9 heteroatoms. The highest BCUT2D eigenvalue weighted by Crippen LogP contribution is 2.35. The number of carbonyl (C=O) groups is 1. The third-order valence-corrected chi connectivity index (χ3v) is 4.40. The van der Waals surface area contributed by atoms with Crippen LogP contribution in [0.25, 0.3) is 10.9 Å². The number of amides is 1. The van der Waals surface area contributed by atoms with Crippen molar-refractivity contribution in [2.45, 2.75) is 44.9 Å². The number of alkyl halides is 1. The molecule has 0 spiro atoms. The number of aromatic nitrogens is 3. The van der Waals surface area contributed by atoms with Crippen molar-refractivity contribution in [2.24, 2.45) is 0 Å². The molecule has 2 aromatic rings. The number of pyridine rings is 1. The fourth-order valence-electron chi connectivity index (χ4n) is 2.84. The number of ether oxygens (including phenoxy) is 1. The van der Waals surface area contributed by atoms with Crippen LogP contribution in [0.5, 0.6) is 0 Å². The van der Waals surface area contributed by atoms with E-state index in [1.165, 1.54) is 17.2 Å². The van der Waals surface area contributed by atoms with Crippen molar-refractivity contribution in [3.63, 3.8) is 0 Å². The van der Waals surface area contributed by atoms with Crippen LogP contribution in [-0.2, 0) is 10.4 Å². The second-order valence-corrected chi connectivity index (χ2v) is 7.76. The molecule has 0 atom stereocenters. The highest BCUT2D eigenvalue weighted by Gasteiger charge is 2.41. The number of rotatable bonds is 1. The maximum atomic E-state index is 15.4. The lowest BCUT2D eigenvalue weighted by Gasteiger charge is -2.36. The lowest BCUT2D eigenvalue weighted by atomic mass is 9.92. The Labute approximate surface area is 154 Å². The summed E-state index contributed by atoms with van der Waals surface area (Å²) < 4.78 is 20.7. The van der Waals surface area contributed by atoms with Gasteiger partial charge in [-0.3, -0.25) is 4.79 Å². The lowest BCUT2D eigenvalue weighted by molar-refractivity contribution is 0.000202. The van der Waals surface area contributed by atoms with Gasteiger partial charge in [-0.05, 0) is 26.8 Å². The standard InChI is InChI=1S/C17H20ClFN4O3/c1-16(2,3)26-15(25)23-6-4-17(19,5-7-23)14-21-11-9-20-12(18)8-10(11)13(24)22-14/h8-9H,4-7H2,1-3H3,(H,21,22,24). The van der Waals surface area contributed by atoms with Gasteiger partial charge in [0.25, 0.3) is 5.56 Å². The van der Waals surface area contributed by atoms with E-state index in [1.807, 2.05) is 0 Å². The Hall–Kier alpha value is -2.22. The molecular weight excluding hydrogens is 363 g/mol. The molecule has 0 saturated carbocycles. The van der Waals surface area contributed by atoms with Gasteiger partial charge in [-0.1, -0.05) is 11.6 Å². The summed E-state index contributed by atoms with van der Waals surface area (Å²) in [7, 11) is 0. The zero-order valence-electron chi connectivity index (χ0n) is 14.8. The van der Waals surface area contributed by atoms with Crippen molar-refractivity contribution >= 4 is 28.6 Å². The van der Waals surface area contributed by atoms with Crippen molar-refractivity contribution in [1.82, 2.24) is 19.9 Å². The fraction of sp³-hybridized carbons (Fsp3) is 0.529. The summed E-state index contributed by atoms with van der Waals surface area (Å²) in [5, 5.41) is 0.418. The van der Waals surface area contributed by atoms with Gasteiger partial charge in [0, 0.05) is 25.9 Å². The van der Waals surface area contributed by atoms with Gasteiger partial charge < -0.3 is 14.6 Å². The molecule has 3 heterocycles. The number of piperidine rings is 1. The van der Waals surface area contributed by atoms with E-state index < -0.39 is 22.9 Å². The molecule has 0 bridgehead atoms. The second kappa shape index (κ2) is 6.50. The molecule has 1 N–H and O–H groups in total. The van der Waals surface area contributed by atoms with Gasteiger partial charge >= 0.3 is 6.09 Å². The van der Waals surface area contributed by atoms with Crippen molar-refractivity contribution in [2.75, 3.05) is 13.1 Å². The van der Waals surface area contributed by atoms with E-state index in [0.29, 0.717) is 0 Å². The number of hydrogen-bond donors (Lipinski definition) is 1. The maximum absolute atomic E-state index is 15.4. The molecule has 2 aromatic heterocycles. The molecule has 1 fully saturated rings. The van der Waals surface area contributed by atoms with E-state index in [-0.39, 0.29) is 47.8 Å². The summed E-state index contributed by atoms with van der Waals surface area (Å²) >= 11 is 5.78. The molecule has 1 saturated heterocycles. The highest BCUT2D eigenvalue weighted by molar-refractivity contribution is 6.30. The Morgan fingerprint density at radius 1 is 1.38 bits per heavy atom. The fourth-order valence-corrected chi connectivity index (χ4v) is 2.99. The van der Waals surface area contributed by atoms with Gasteiger partial charge in [0.05, 0.1) is 17.1 Å². The van der Waals surface area contributed by atoms with E-state index in [2.05, 4.69) is 15.0 Å². The molecule has 1 aliphatic heterocycles. The van der Waals surface area contributed by atoms with E-state index >= 15 is 4.39 Å². The van der Waals surface area contributed by atoms with Crippen LogP contribution >= 0.6 is 11.6 Å². The van der Waals surface area contributed by atoms with E-state index in [4.69, 9.17) is 16.3 Å². The topological polar surface area (TPSA) is 88.2 Å². The summed E-state index contributed by atoms with van der Waals surface area (Å²) in [5.74, 6) is -0.0528. The molecule has 140 valence electrons. The Morgan fingerprint density at radius 3 is 2.65 bits per heavy atom. The van der Waals surface area contributed by atoms with Gasteiger partial charge in [0.1, 0.15) is 16.6 Å². The number of likely N-dealkylation sites (tertiary alicyclic amines) is 1. The SMILES string of the molecule is CC(C)(C)OC(=O)N1CCC(F)(c2nc3cnc(Cl)cc3c(=O)[nH]2)CC1. The second-order valence-electron chi connectivity index (χ2n) is 7.37. The normalized spacial score (nSPS) is 17.3. The van der Waals surface area contributed by atoms with Crippen molar-refractivity contribution in [1.29, 1.82) is 0 Å². The first kappa shape index (κ1) is 18.6. The summed E-state index contributed by atoms with van der Waals surface area (Å²) in [6.45, 7) is 5.67. The first-order valence-corrected chi connectivity index (χ1v) is 8.68. The molecule has 0 aromatic carbocycles. The first-order chi connectivity index (χ1) is 12.1. The number of aromatic amines is 1. The quantitative estimate of drug-likeness (QED) is 0.765. The van der Waals surface area contributed by atoms with Gasteiger partial charge in [0.2, 0.25) is 0 Å². The Kier molecular flexibility index (Phi) is 4.64. The minimum atomic E-state index is -1.83. The van der Waals surface area contributed by atoms with Crippen LogP contribution in [0.3, 0.4) is 0 Å². The zero-order valence-corrected chi connectivity index (χ0v) is 15.6. The number of carbonyl (C=O) groups excluding carboxylic acids is 1. The van der Waals surface area contributed by atoms with Crippen LogP contribution in [0, 0.1) is 0 Å². The average Bonchev–Trinajstić information content (AvgIpc) is 2.54. The number of H-pyrrole nitrogens is 1. The van der Waals surface area contributed by atoms with Crippen molar-refractivity contribution < 1.29 is 13.9 Å². The summed E-state index contributed by atoms with van der Waals surface area (Å²) in [6, 6.07) is 1.39. The van der Waals surface area contributed by atoms with E-state index in [9.17, 15) is 9.59 Å². The summed E-state index contributed by atoms with van der Waals surface area (Å²) in [4.78, 5) is 36.4. The van der Waals surface area contributed by atoms with Gasteiger partial charge in [0.15, 0.2) is 5.67 Å². The van der Waals surface area contributed by atoms with Gasteiger partial charge in [-0.2, -0.15) is 0 Å². The first-order valence-electron chi connectivity index (χ1n) is 8.30. The van der Waals surface area contributed by atoms with Crippen LogP contribution in [0.15, 0.2) is 17.1 Å². The smallest absolute Gasteiger partial charge is 0.410 e. The molecule has 0 radical (unpaired) electrons. The third-order valence-electron chi connectivity index (χ3n) is 4.19. The number of hydrogen-bond acceptors (Lipinski definition) is 5. The Morgan fingerprint density at radius 2 is 2.04 bits per heavy atom. The number of halogens is 2. The van der Waals surface area contributed by atoms with Crippen molar-refractivity contribution in [3.05, 3.63) is 33.6 Å². The number of nitrogens with zero attached hydrogens (tertiary/aromatic N) is 3. The monoisotopic (exact) mass is 382 g/mol. The zero-order chi connectivity index (χ0) is 19.1. The van der Waals surface area contributed by atoms with Crippen LogP contribution in [-0.4, -0.2) is 44.6 Å². The Bertz CT molecular complexity index is 901. The highest BCUT2D eigenvalue weighted by atomic mass is 35.5. The van der Waals surface area contributed by atoms with Crippen LogP contribution in [0.2, 0.25) is 5.15 Å². The minimum absolute atomic E-state index is 0.0156. The van der Waals surface area contributed by atoms with Crippen LogP contribution in [0.1, 0.15) is 39.4 Å². The molecule has 0 unspecified atom stereocenters. The molecule has 1 aliphatic rings. The number of nitrogens with one attached hydrogen (secondary N) is 1. The van der Waals surface area contributed by atoms with Crippen molar-refractivity contribution in [3.8, 4) is 0 Å². The third kappa shape index (κ3) is 3.80. The van der Waals surface area contributed by atoms with Gasteiger partial charge in [-0.15, -0.1) is 0 Å². The molecule has 3 rings (SSSR count). The number of fused-ring (bicyclic) bond motifs is 1. The Balaban J connectivity index is 1.81. The largest absolute Gasteiger partial charge is 0.444 e. The predicted molar refractivity (Wildman–Crippen MR) is 95.0 cm³/mol. The molecule has 7 nitrogen and oxygen atoms in total. The molecular formula is C17H20ClFN4O3. The summed E-state index contributed by atoms with van der Waals surface area (Å²) in [5.41, 5.74) is -2.63. The van der Waals surface area contributed by atoms with E-state index in [1.54, 1.807) is 20.8 Å².